The van der Waals surface area contributed by atoms with Gasteiger partial charge in [0.2, 0.25) is 5.91 Å². The largest absolute Gasteiger partial charge is 0.391 e. The third-order valence-corrected chi connectivity index (χ3v) is 3.66. The molecule has 4 heteroatoms. The zero-order valence-corrected chi connectivity index (χ0v) is 11.9. The van der Waals surface area contributed by atoms with Crippen molar-refractivity contribution in [2.75, 3.05) is 13.1 Å². The Labute approximate surface area is 110 Å². The van der Waals surface area contributed by atoms with Crippen LogP contribution in [0.1, 0.15) is 46.5 Å². The van der Waals surface area contributed by atoms with Crippen molar-refractivity contribution in [1.29, 1.82) is 0 Å². The summed E-state index contributed by atoms with van der Waals surface area (Å²) < 4.78 is 0. The Morgan fingerprint density at radius 2 is 2.11 bits per heavy atom. The quantitative estimate of drug-likeness (QED) is 0.693. The highest BCUT2D eigenvalue weighted by Crippen LogP contribution is 2.31. The number of carbonyl (C=O) groups is 1. The van der Waals surface area contributed by atoms with Crippen LogP contribution in [-0.2, 0) is 4.79 Å². The number of carbonyl (C=O) groups excluding carboxylic acids is 1. The first-order chi connectivity index (χ1) is 8.33. The van der Waals surface area contributed by atoms with Gasteiger partial charge in [-0.25, -0.2) is 0 Å². The van der Waals surface area contributed by atoms with Gasteiger partial charge in [0, 0.05) is 12.5 Å². The lowest BCUT2D eigenvalue weighted by Crippen LogP contribution is -2.39. The first-order valence-electron chi connectivity index (χ1n) is 6.99. The van der Waals surface area contributed by atoms with Gasteiger partial charge in [0.1, 0.15) is 0 Å². The molecule has 0 aromatic heterocycles. The van der Waals surface area contributed by atoms with Crippen LogP contribution in [-0.4, -0.2) is 30.2 Å². The van der Waals surface area contributed by atoms with Crippen molar-refractivity contribution < 1.29 is 9.90 Å². The van der Waals surface area contributed by atoms with Crippen molar-refractivity contribution in [3.63, 3.8) is 0 Å². The fourth-order valence-corrected chi connectivity index (χ4v) is 2.79. The van der Waals surface area contributed by atoms with Gasteiger partial charge in [-0.15, -0.1) is 0 Å². The molecule has 1 rings (SSSR count). The monoisotopic (exact) mass is 256 g/mol. The fraction of sp³-hybridized carbons (Fsp3) is 0.929. The molecular formula is C14H28N2O2. The minimum absolute atomic E-state index is 0.0526. The predicted octanol–water partition coefficient (Wildman–Crippen LogP) is 1.27. The van der Waals surface area contributed by atoms with Crippen LogP contribution in [0.5, 0.6) is 0 Å². The van der Waals surface area contributed by atoms with E-state index in [1.165, 1.54) is 0 Å². The highest BCUT2D eigenvalue weighted by molar-refractivity contribution is 5.79. The summed E-state index contributed by atoms with van der Waals surface area (Å²) in [6, 6.07) is 0. The number of nitrogens with two attached hydrogens (primary N) is 1. The Morgan fingerprint density at radius 1 is 1.44 bits per heavy atom. The lowest BCUT2D eigenvalue weighted by molar-refractivity contribution is -0.126. The number of hydrogen-bond donors (Lipinski definition) is 3. The van der Waals surface area contributed by atoms with Gasteiger partial charge in [0.25, 0.3) is 0 Å². The first kappa shape index (κ1) is 15.4. The summed E-state index contributed by atoms with van der Waals surface area (Å²) in [6.45, 7) is 7.19. The van der Waals surface area contributed by atoms with E-state index in [2.05, 4.69) is 26.1 Å². The molecule has 0 bridgehead atoms. The Kier molecular flexibility index (Phi) is 5.60. The van der Waals surface area contributed by atoms with E-state index in [4.69, 9.17) is 5.73 Å². The molecule has 0 aliphatic heterocycles. The summed E-state index contributed by atoms with van der Waals surface area (Å²) in [4.78, 5) is 12.0. The molecule has 1 aliphatic carbocycles. The third-order valence-electron chi connectivity index (χ3n) is 3.66. The molecule has 3 atom stereocenters. The summed E-state index contributed by atoms with van der Waals surface area (Å²) >= 11 is 0. The molecule has 1 amide bonds. The van der Waals surface area contributed by atoms with Gasteiger partial charge in [-0.2, -0.15) is 0 Å². The molecule has 1 fully saturated rings. The van der Waals surface area contributed by atoms with Crippen LogP contribution in [0, 0.1) is 17.3 Å². The highest BCUT2D eigenvalue weighted by Gasteiger charge is 2.32. The van der Waals surface area contributed by atoms with Crippen LogP contribution in [0.3, 0.4) is 0 Å². The van der Waals surface area contributed by atoms with Gasteiger partial charge < -0.3 is 16.2 Å². The minimum atomic E-state index is -0.466. The average Bonchev–Trinajstić information content (AvgIpc) is 2.71. The predicted molar refractivity (Wildman–Crippen MR) is 73.0 cm³/mol. The average molecular weight is 256 g/mol. The van der Waals surface area contributed by atoms with E-state index in [9.17, 15) is 9.90 Å². The second-order valence-corrected chi connectivity index (χ2v) is 6.70. The molecule has 4 N–H and O–H groups in total. The van der Waals surface area contributed by atoms with Crippen LogP contribution in [0.2, 0.25) is 0 Å². The van der Waals surface area contributed by atoms with Crippen LogP contribution in [0.4, 0.5) is 0 Å². The maximum absolute atomic E-state index is 12.0. The van der Waals surface area contributed by atoms with Crippen molar-refractivity contribution in [3.05, 3.63) is 0 Å². The molecule has 1 saturated carbocycles. The molecule has 4 nitrogen and oxygen atoms in total. The van der Waals surface area contributed by atoms with Gasteiger partial charge in [-0.3, -0.25) is 4.79 Å². The summed E-state index contributed by atoms with van der Waals surface area (Å²) in [5, 5.41) is 12.7. The van der Waals surface area contributed by atoms with Crippen LogP contribution < -0.4 is 11.1 Å². The number of amides is 1. The second kappa shape index (κ2) is 6.53. The zero-order chi connectivity index (χ0) is 13.8. The molecule has 0 spiro atoms. The zero-order valence-electron chi connectivity index (χ0n) is 11.9. The first-order valence-corrected chi connectivity index (χ1v) is 6.99. The summed E-state index contributed by atoms with van der Waals surface area (Å²) in [6.07, 6.45) is 3.30. The van der Waals surface area contributed by atoms with E-state index >= 15 is 0 Å². The van der Waals surface area contributed by atoms with Gasteiger partial charge >= 0.3 is 0 Å². The van der Waals surface area contributed by atoms with Gasteiger partial charge in [-0.05, 0) is 37.1 Å². The molecule has 0 aromatic rings. The maximum atomic E-state index is 12.0. The van der Waals surface area contributed by atoms with Gasteiger partial charge in [0.05, 0.1) is 6.10 Å². The Balaban J connectivity index is 2.32. The van der Waals surface area contributed by atoms with Crippen LogP contribution >= 0.6 is 0 Å². The highest BCUT2D eigenvalue weighted by atomic mass is 16.3. The van der Waals surface area contributed by atoms with Crippen molar-refractivity contribution >= 4 is 5.91 Å². The minimum Gasteiger partial charge on any atom is -0.391 e. The van der Waals surface area contributed by atoms with E-state index in [1.807, 2.05) is 0 Å². The van der Waals surface area contributed by atoms with E-state index < -0.39 is 6.10 Å². The van der Waals surface area contributed by atoms with Crippen molar-refractivity contribution in [2.45, 2.75) is 52.6 Å². The van der Waals surface area contributed by atoms with Crippen LogP contribution in [0.15, 0.2) is 0 Å². The number of aliphatic hydroxyl groups excluding tert-OH is 1. The molecule has 106 valence electrons. The molecule has 0 radical (unpaired) electrons. The SMILES string of the molecule is CC(C)(C)CC(O)CNC(=O)C1CCCC1CN. The molecule has 0 saturated heterocycles. The third kappa shape index (κ3) is 4.94. The molecule has 0 heterocycles. The van der Waals surface area contributed by atoms with E-state index in [1.54, 1.807) is 0 Å². The lowest BCUT2D eigenvalue weighted by Gasteiger charge is -2.23. The van der Waals surface area contributed by atoms with E-state index in [0.717, 1.165) is 19.3 Å². The Morgan fingerprint density at radius 3 is 2.67 bits per heavy atom. The smallest absolute Gasteiger partial charge is 0.223 e. The van der Waals surface area contributed by atoms with E-state index in [-0.39, 0.29) is 17.2 Å². The second-order valence-electron chi connectivity index (χ2n) is 6.70. The number of rotatable bonds is 5. The number of nitrogens with one attached hydrogen (secondary N) is 1. The van der Waals surface area contributed by atoms with Gasteiger partial charge in [0.15, 0.2) is 0 Å². The Bertz CT molecular complexity index is 273. The summed E-state index contributed by atoms with van der Waals surface area (Å²) in [7, 11) is 0. The van der Waals surface area contributed by atoms with Crippen molar-refractivity contribution in [3.8, 4) is 0 Å². The molecular weight excluding hydrogens is 228 g/mol. The summed E-state index contributed by atoms with van der Waals surface area (Å²) in [5.41, 5.74) is 5.75. The molecule has 18 heavy (non-hydrogen) atoms. The molecule has 1 aliphatic rings. The summed E-state index contributed by atoms with van der Waals surface area (Å²) in [5.74, 6) is 0.442. The number of hydrogen-bond acceptors (Lipinski definition) is 3. The topological polar surface area (TPSA) is 75.3 Å². The molecule has 3 unspecified atom stereocenters. The standard InChI is InChI=1S/C14H28N2O2/c1-14(2,3)7-11(17)9-16-13(18)12-6-4-5-10(12)8-15/h10-12,17H,4-9,15H2,1-3H3,(H,16,18). The fourth-order valence-electron chi connectivity index (χ4n) is 2.79. The normalized spacial score (nSPS) is 26.1. The number of aliphatic hydroxyl groups is 1. The van der Waals surface area contributed by atoms with E-state index in [0.29, 0.717) is 25.4 Å². The Hall–Kier alpha value is -0.610. The lowest BCUT2D eigenvalue weighted by atomic mass is 9.89. The molecule has 0 aromatic carbocycles. The van der Waals surface area contributed by atoms with Gasteiger partial charge in [-0.1, -0.05) is 27.2 Å². The maximum Gasteiger partial charge on any atom is 0.223 e. The van der Waals surface area contributed by atoms with Crippen molar-refractivity contribution in [1.82, 2.24) is 5.32 Å². The van der Waals surface area contributed by atoms with Crippen molar-refractivity contribution in [2.24, 2.45) is 23.0 Å². The van der Waals surface area contributed by atoms with Crippen LogP contribution in [0.25, 0.3) is 0 Å².